The van der Waals surface area contributed by atoms with Gasteiger partial charge in [0, 0.05) is 25.2 Å². The Bertz CT molecular complexity index is 742. The van der Waals surface area contributed by atoms with Crippen molar-refractivity contribution in [3.8, 4) is 5.75 Å². The van der Waals surface area contributed by atoms with Gasteiger partial charge in [-0.1, -0.05) is 11.6 Å². The first kappa shape index (κ1) is 19.0. The fourth-order valence-electron chi connectivity index (χ4n) is 2.21. The van der Waals surface area contributed by atoms with Crippen molar-refractivity contribution in [2.75, 3.05) is 13.2 Å². The first-order valence-corrected chi connectivity index (χ1v) is 8.38. The molecule has 1 amide bonds. The summed E-state index contributed by atoms with van der Waals surface area (Å²) in [6.07, 6.45) is 4.69. The number of carbonyl (C=O) groups excluding carboxylic acids is 1. The third kappa shape index (κ3) is 5.90. The van der Waals surface area contributed by atoms with E-state index in [0.717, 1.165) is 24.1 Å². The molecule has 5 nitrogen and oxygen atoms in total. The molecule has 0 bridgehead atoms. The number of ether oxygens (including phenoxy) is 1. The number of hydrogen-bond donors (Lipinski definition) is 1. The van der Waals surface area contributed by atoms with Crippen molar-refractivity contribution in [2.45, 2.75) is 19.8 Å². The number of amides is 1. The summed E-state index contributed by atoms with van der Waals surface area (Å²) in [7, 11) is 1.75. The standard InChI is InChI=1S/C18H21ClFN3O2/c1-13-16(18(19)23(2)22-13)9-10-17(24)21-11-3-4-12-25-15-7-5-14(20)6-8-15/h5-10H,3-4,11-12H2,1-2H3,(H,21,24)/b10-9+. The minimum atomic E-state index is -0.286. The zero-order valence-corrected chi connectivity index (χ0v) is 15.0. The predicted molar refractivity (Wildman–Crippen MR) is 96.1 cm³/mol. The number of aryl methyl sites for hydroxylation is 2. The molecule has 0 fully saturated rings. The van der Waals surface area contributed by atoms with E-state index in [2.05, 4.69) is 10.4 Å². The predicted octanol–water partition coefficient (Wildman–Crippen LogP) is 3.51. The fraction of sp³-hybridized carbons (Fsp3) is 0.333. The SMILES string of the molecule is Cc1nn(C)c(Cl)c1/C=C/C(=O)NCCCCOc1ccc(F)cc1. The molecule has 0 aliphatic rings. The van der Waals surface area contributed by atoms with Crippen LogP contribution >= 0.6 is 11.6 Å². The van der Waals surface area contributed by atoms with Crippen molar-refractivity contribution in [3.63, 3.8) is 0 Å². The van der Waals surface area contributed by atoms with Crippen LogP contribution in [0.5, 0.6) is 5.75 Å². The lowest BCUT2D eigenvalue weighted by atomic mass is 10.2. The number of nitrogens with one attached hydrogen (secondary N) is 1. The molecule has 0 aliphatic carbocycles. The summed E-state index contributed by atoms with van der Waals surface area (Å²) in [5.41, 5.74) is 1.52. The second kappa shape index (κ2) is 9.22. The van der Waals surface area contributed by atoms with Gasteiger partial charge in [-0.25, -0.2) is 4.39 Å². The topological polar surface area (TPSA) is 56.2 Å². The van der Waals surface area contributed by atoms with Gasteiger partial charge in [-0.15, -0.1) is 0 Å². The molecular formula is C18H21ClFN3O2. The highest BCUT2D eigenvalue weighted by Gasteiger charge is 2.08. The van der Waals surface area contributed by atoms with Crippen LogP contribution in [-0.4, -0.2) is 28.8 Å². The molecule has 7 heteroatoms. The van der Waals surface area contributed by atoms with Crippen LogP contribution in [0.15, 0.2) is 30.3 Å². The van der Waals surface area contributed by atoms with Crippen LogP contribution in [0.1, 0.15) is 24.1 Å². The van der Waals surface area contributed by atoms with Crippen molar-refractivity contribution in [3.05, 3.63) is 52.6 Å². The molecule has 2 aromatic rings. The molecule has 25 heavy (non-hydrogen) atoms. The van der Waals surface area contributed by atoms with E-state index in [1.807, 2.05) is 6.92 Å². The zero-order valence-electron chi connectivity index (χ0n) is 14.3. The minimum absolute atomic E-state index is 0.182. The van der Waals surface area contributed by atoms with Gasteiger partial charge >= 0.3 is 0 Å². The Morgan fingerprint density at radius 1 is 1.36 bits per heavy atom. The molecule has 0 spiro atoms. The van der Waals surface area contributed by atoms with E-state index in [1.54, 1.807) is 29.9 Å². The van der Waals surface area contributed by atoms with Crippen LogP contribution in [0.25, 0.3) is 6.08 Å². The summed E-state index contributed by atoms with van der Waals surface area (Å²) < 4.78 is 19.8. The van der Waals surface area contributed by atoms with Crippen LogP contribution in [0, 0.1) is 12.7 Å². The molecule has 0 saturated carbocycles. The summed E-state index contributed by atoms with van der Waals surface area (Å²) >= 11 is 6.10. The third-order valence-corrected chi connectivity index (χ3v) is 4.00. The largest absolute Gasteiger partial charge is 0.494 e. The van der Waals surface area contributed by atoms with E-state index in [4.69, 9.17) is 16.3 Å². The average molecular weight is 366 g/mol. The Morgan fingerprint density at radius 2 is 2.08 bits per heavy atom. The van der Waals surface area contributed by atoms with Gasteiger partial charge < -0.3 is 10.1 Å². The van der Waals surface area contributed by atoms with Crippen molar-refractivity contribution in [1.29, 1.82) is 0 Å². The Hall–Kier alpha value is -2.34. The van der Waals surface area contributed by atoms with E-state index in [9.17, 15) is 9.18 Å². The van der Waals surface area contributed by atoms with Crippen molar-refractivity contribution in [1.82, 2.24) is 15.1 Å². The normalized spacial score (nSPS) is 11.0. The molecular weight excluding hydrogens is 345 g/mol. The van der Waals surface area contributed by atoms with Crippen LogP contribution in [-0.2, 0) is 11.8 Å². The maximum Gasteiger partial charge on any atom is 0.244 e. The molecule has 0 aliphatic heterocycles. The second-order valence-electron chi connectivity index (χ2n) is 5.55. The molecule has 0 unspecified atom stereocenters. The van der Waals surface area contributed by atoms with E-state index in [0.29, 0.717) is 24.1 Å². The lowest BCUT2D eigenvalue weighted by Gasteiger charge is -2.06. The minimum Gasteiger partial charge on any atom is -0.494 e. The molecule has 1 aromatic carbocycles. The summed E-state index contributed by atoms with van der Waals surface area (Å²) in [5.74, 6) is 0.168. The Kier molecular flexibility index (Phi) is 7.01. The molecule has 0 saturated heterocycles. The molecule has 2 rings (SSSR count). The van der Waals surface area contributed by atoms with Crippen molar-refractivity contribution < 1.29 is 13.9 Å². The number of benzene rings is 1. The summed E-state index contributed by atoms with van der Waals surface area (Å²) in [6, 6.07) is 5.90. The van der Waals surface area contributed by atoms with Gasteiger partial charge in [-0.05, 0) is 50.1 Å². The maximum absolute atomic E-state index is 12.8. The van der Waals surface area contributed by atoms with Crippen LogP contribution in [0.4, 0.5) is 4.39 Å². The van der Waals surface area contributed by atoms with Gasteiger partial charge in [0.15, 0.2) is 0 Å². The van der Waals surface area contributed by atoms with Gasteiger partial charge in [0.1, 0.15) is 16.7 Å². The third-order valence-electron chi connectivity index (χ3n) is 3.55. The number of carbonyl (C=O) groups is 1. The van der Waals surface area contributed by atoms with Crippen LogP contribution < -0.4 is 10.1 Å². The lowest BCUT2D eigenvalue weighted by molar-refractivity contribution is -0.116. The Morgan fingerprint density at radius 3 is 2.72 bits per heavy atom. The van der Waals surface area contributed by atoms with Crippen molar-refractivity contribution in [2.24, 2.45) is 7.05 Å². The summed E-state index contributed by atoms with van der Waals surface area (Å²) in [6.45, 7) is 2.90. The molecule has 1 heterocycles. The highest BCUT2D eigenvalue weighted by molar-refractivity contribution is 6.31. The molecule has 1 aromatic heterocycles. The average Bonchev–Trinajstić information content (AvgIpc) is 2.83. The van der Waals surface area contributed by atoms with Crippen molar-refractivity contribution >= 4 is 23.6 Å². The van der Waals surface area contributed by atoms with Gasteiger partial charge in [-0.2, -0.15) is 5.10 Å². The maximum atomic E-state index is 12.8. The second-order valence-corrected chi connectivity index (χ2v) is 5.91. The highest BCUT2D eigenvalue weighted by atomic mass is 35.5. The van der Waals surface area contributed by atoms with Gasteiger partial charge in [0.2, 0.25) is 5.91 Å². The first-order chi connectivity index (χ1) is 12.0. The Labute approximate surface area is 151 Å². The quantitative estimate of drug-likeness (QED) is 0.575. The fourth-order valence-corrected chi connectivity index (χ4v) is 2.45. The number of unbranched alkanes of at least 4 members (excludes halogenated alkanes) is 1. The number of hydrogen-bond acceptors (Lipinski definition) is 3. The van der Waals surface area contributed by atoms with E-state index >= 15 is 0 Å². The smallest absolute Gasteiger partial charge is 0.244 e. The van der Waals surface area contributed by atoms with E-state index in [-0.39, 0.29) is 11.7 Å². The number of nitrogens with zero attached hydrogens (tertiary/aromatic N) is 2. The summed E-state index contributed by atoms with van der Waals surface area (Å²) in [5, 5.41) is 7.48. The first-order valence-electron chi connectivity index (χ1n) is 8.00. The molecule has 134 valence electrons. The number of rotatable bonds is 8. The van der Waals surface area contributed by atoms with E-state index in [1.165, 1.54) is 18.2 Å². The number of halogens is 2. The van der Waals surface area contributed by atoms with Gasteiger partial charge in [0.05, 0.1) is 12.3 Å². The van der Waals surface area contributed by atoms with Gasteiger partial charge in [-0.3, -0.25) is 9.48 Å². The number of aromatic nitrogens is 2. The van der Waals surface area contributed by atoms with Crippen LogP contribution in [0.2, 0.25) is 5.15 Å². The molecule has 0 atom stereocenters. The summed E-state index contributed by atoms with van der Waals surface area (Å²) in [4.78, 5) is 11.8. The lowest BCUT2D eigenvalue weighted by Crippen LogP contribution is -2.22. The molecule has 1 N–H and O–H groups in total. The van der Waals surface area contributed by atoms with Crippen LogP contribution in [0.3, 0.4) is 0 Å². The monoisotopic (exact) mass is 365 g/mol. The van der Waals surface area contributed by atoms with E-state index < -0.39 is 0 Å². The molecule has 0 radical (unpaired) electrons. The highest BCUT2D eigenvalue weighted by Crippen LogP contribution is 2.19. The zero-order chi connectivity index (χ0) is 18.2. The van der Waals surface area contributed by atoms with Gasteiger partial charge in [0.25, 0.3) is 0 Å². The Balaban J connectivity index is 1.63.